The number of aliphatic carboxylic acids is 3. The molecular formula is C30H46O6. The zero-order chi connectivity index (χ0) is 27.1. The van der Waals surface area contributed by atoms with Gasteiger partial charge in [0.2, 0.25) is 0 Å². The molecule has 0 radical (unpaired) electrons. The van der Waals surface area contributed by atoms with E-state index in [9.17, 15) is 29.7 Å². The summed E-state index contributed by atoms with van der Waals surface area (Å²) in [6, 6.07) is 0. The quantitative estimate of drug-likeness (QED) is 0.363. The molecule has 6 nitrogen and oxygen atoms in total. The van der Waals surface area contributed by atoms with Gasteiger partial charge in [0, 0.05) is 0 Å². The third kappa shape index (κ3) is 3.52. The normalized spacial score (nSPS) is 43.9. The molecule has 0 saturated heterocycles. The second-order valence-electron chi connectivity index (χ2n) is 14.8. The average Bonchev–Trinajstić information content (AvgIpc) is 2.72. The summed E-state index contributed by atoms with van der Waals surface area (Å²) in [6.07, 6.45) is 8.34. The fourth-order valence-electron chi connectivity index (χ4n) is 9.90. The Morgan fingerprint density at radius 2 is 1.56 bits per heavy atom. The van der Waals surface area contributed by atoms with Crippen LogP contribution in [0.4, 0.5) is 0 Å². The molecule has 3 saturated carbocycles. The standard InChI is InChI=1S/C30H46O6/c1-25(2)12-14-30(24(35)36)15-13-28(6)18(19(30)16-25)8-9-21-27(5,17-22(31)32)20(10-11-29(21,28)7)26(3,4)23(33)34/h8,19-21H,9-17H2,1-7H3,(H,31,32)(H,33,34)(H,35,36)/t19-,20-,21-,27+,28+,29+,30-/m1/s1. The summed E-state index contributed by atoms with van der Waals surface area (Å²) in [5.41, 5.74) is -1.51. The molecule has 4 aliphatic carbocycles. The van der Waals surface area contributed by atoms with Crippen molar-refractivity contribution in [3.8, 4) is 0 Å². The van der Waals surface area contributed by atoms with Gasteiger partial charge in [0.05, 0.1) is 17.3 Å². The molecule has 4 rings (SSSR count). The van der Waals surface area contributed by atoms with E-state index in [1.807, 2.05) is 6.92 Å². The second-order valence-corrected chi connectivity index (χ2v) is 14.8. The number of carboxylic acid groups (broad SMARTS) is 3. The molecule has 0 amide bonds. The van der Waals surface area contributed by atoms with E-state index in [1.54, 1.807) is 13.8 Å². The van der Waals surface area contributed by atoms with E-state index in [2.05, 4.69) is 33.8 Å². The van der Waals surface area contributed by atoms with E-state index in [-0.39, 0.29) is 40.4 Å². The number of fused-ring (bicyclic) bond motifs is 5. The van der Waals surface area contributed by atoms with Gasteiger partial charge in [0.25, 0.3) is 0 Å². The number of hydrogen-bond acceptors (Lipinski definition) is 3. The highest BCUT2D eigenvalue weighted by molar-refractivity contribution is 5.77. The van der Waals surface area contributed by atoms with Crippen LogP contribution in [0.25, 0.3) is 0 Å². The van der Waals surface area contributed by atoms with Crippen LogP contribution in [0.2, 0.25) is 0 Å². The first-order valence-corrected chi connectivity index (χ1v) is 13.8. The van der Waals surface area contributed by atoms with Gasteiger partial charge >= 0.3 is 17.9 Å². The fraction of sp³-hybridized carbons (Fsp3) is 0.833. The summed E-state index contributed by atoms with van der Waals surface area (Å²) in [5.74, 6) is -2.67. The van der Waals surface area contributed by atoms with Crippen LogP contribution in [0.3, 0.4) is 0 Å². The van der Waals surface area contributed by atoms with E-state index in [4.69, 9.17) is 0 Å². The number of hydrogen-bond donors (Lipinski definition) is 3. The van der Waals surface area contributed by atoms with Crippen LogP contribution >= 0.6 is 0 Å². The monoisotopic (exact) mass is 502 g/mol. The lowest BCUT2D eigenvalue weighted by Gasteiger charge is -2.69. The summed E-state index contributed by atoms with van der Waals surface area (Å²) in [7, 11) is 0. The van der Waals surface area contributed by atoms with Crippen molar-refractivity contribution in [3.63, 3.8) is 0 Å². The maximum absolute atomic E-state index is 12.8. The molecule has 3 N–H and O–H groups in total. The number of carbonyl (C=O) groups is 3. The molecule has 202 valence electrons. The smallest absolute Gasteiger partial charge is 0.310 e. The van der Waals surface area contributed by atoms with Crippen molar-refractivity contribution in [2.24, 2.45) is 50.2 Å². The van der Waals surface area contributed by atoms with Gasteiger partial charge < -0.3 is 15.3 Å². The molecule has 0 aromatic heterocycles. The number of rotatable bonds is 5. The van der Waals surface area contributed by atoms with Gasteiger partial charge in [-0.1, -0.05) is 46.3 Å². The van der Waals surface area contributed by atoms with Crippen LogP contribution in [0.5, 0.6) is 0 Å². The molecule has 7 atom stereocenters. The van der Waals surface area contributed by atoms with Crippen LogP contribution in [0.1, 0.15) is 106 Å². The van der Waals surface area contributed by atoms with Gasteiger partial charge in [-0.15, -0.1) is 0 Å². The molecule has 0 spiro atoms. The molecule has 0 bridgehead atoms. The van der Waals surface area contributed by atoms with Gasteiger partial charge in [-0.3, -0.25) is 14.4 Å². The molecule has 0 aromatic carbocycles. The van der Waals surface area contributed by atoms with Crippen molar-refractivity contribution in [1.82, 2.24) is 0 Å². The molecule has 0 heterocycles. The largest absolute Gasteiger partial charge is 0.481 e. The average molecular weight is 503 g/mol. The minimum Gasteiger partial charge on any atom is -0.481 e. The Hall–Kier alpha value is -1.85. The van der Waals surface area contributed by atoms with Crippen molar-refractivity contribution in [2.45, 2.75) is 106 Å². The van der Waals surface area contributed by atoms with Crippen molar-refractivity contribution in [3.05, 3.63) is 11.6 Å². The van der Waals surface area contributed by atoms with E-state index in [0.29, 0.717) is 25.7 Å². The Morgan fingerprint density at radius 3 is 2.11 bits per heavy atom. The predicted molar refractivity (Wildman–Crippen MR) is 137 cm³/mol. The maximum Gasteiger partial charge on any atom is 0.310 e. The summed E-state index contributed by atoms with van der Waals surface area (Å²) >= 11 is 0. The Balaban J connectivity index is 1.86. The molecule has 36 heavy (non-hydrogen) atoms. The van der Waals surface area contributed by atoms with Gasteiger partial charge in [0.15, 0.2) is 0 Å². The lowest BCUT2D eigenvalue weighted by Crippen LogP contribution is -2.63. The zero-order valence-electron chi connectivity index (χ0n) is 23.2. The molecule has 3 fully saturated rings. The molecule has 0 aliphatic heterocycles. The molecule has 4 aliphatic rings. The Labute approximate surface area is 215 Å². The predicted octanol–water partition coefficient (Wildman–Crippen LogP) is 6.64. The van der Waals surface area contributed by atoms with E-state index < -0.39 is 34.2 Å². The third-order valence-corrected chi connectivity index (χ3v) is 12.3. The first kappa shape index (κ1) is 27.2. The minimum atomic E-state index is -1.03. The third-order valence-electron chi connectivity index (χ3n) is 12.3. The first-order valence-electron chi connectivity index (χ1n) is 13.8. The van der Waals surface area contributed by atoms with Gasteiger partial charge in [-0.25, -0.2) is 0 Å². The van der Waals surface area contributed by atoms with Gasteiger partial charge in [-0.05, 0) is 105 Å². The molecular weight excluding hydrogens is 456 g/mol. The lowest BCUT2D eigenvalue weighted by molar-refractivity contribution is -0.190. The maximum atomic E-state index is 12.8. The topological polar surface area (TPSA) is 112 Å². The summed E-state index contributed by atoms with van der Waals surface area (Å²) in [6.45, 7) is 14.6. The van der Waals surface area contributed by atoms with E-state index >= 15 is 0 Å². The highest BCUT2D eigenvalue weighted by Gasteiger charge is 2.69. The minimum absolute atomic E-state index is 0.00538. The molecule has 0 aromatic rings. The highest BCUT2D eigenvalue weighted by atomic mass is 16.4. The zero-order valence-corrected chi connectivity index (χ0v) is 23.2. The second kappa shape index (κ2) is 8.07. The van der Waals surface area contributed by atoms with E-state index in [0.717, 1.165) is 25.7 Å². The lowest BCUT2D eigenvalue weighted by atomic mass is 9.34. The summed E-state index contributed by atoms with van der Waals surface area (Å²) in [5, 5.41) is 30.6. The summed E-state index contributed by atoms with van der Waals surface area (Å²) in [4.78, 5) is 37.3. The van der Waals surface area contributed by atoms with Gasteiger partial charge in [0.1, 0.15) is 0 Å². The van der Waals surface area contributed by atoms with Crippen LogP contribution in [0.15, 0.2) is 11.6 Å². The van der Waals surface area contributed by atoms with Crippen LogP contribution in [0, 0.1) is 50.2 Å². The van der Waals surface area contributed by atoms with Crippen molar-refractivity contribution in [1.29, 1.82) is 0 Å². The Kier molecular flexibility index (Phi) is 6.10. The van der Waals surface area contributed by atoms with Crippen LogP contribution in [-0.2, 0) is 14.4 Å². The van der Waals surface area contributed by atoms with Gasteiger partial charge in [-0.2, -0.15) is 0 Å². The SMILES string of the molecule is CC1(C)CC[C@@]2(C(=O)O)CC[C@@]3(C)C(=CC[C@@H]4[C@@](C)(CC(=O)O)[C@@H](C(C)(C)C(=O)O)CC[C@@]43C)[C@H]2C1. The van der Waals surface area contributed by atoms with Crippen LogP contribution in [-0.4, -0.2) is 33.2 Å². The van der Waals surface area contributed by atoms with Crippen molar-refractivity contribution < 1.29 is 29.7 Å². The van der Waals surface area contributed by atoms with Crippen molar-refractivity contribution >= 4 is 17.9 Å². The highest BCUT2D eigenvalue weighted by Crippen LogP contribution is 2.74. The number of carboxylic acids is 3. The van der Waals surface area contributed by atoms with E-state index in [1.165, 1.54) is 5.57 Å². The van der Waals surface area contributed by atoms with Crippen LogP contribution < -0.4 is 0 Å². The Bertz CT molecular complexity index is 1010. The number of allylic oxidation sites excluding steroid dienone is 2. The molecule has 6 heteroatoms. The van der Waals surface area contributed by atoms with Crippen molar-refractivity contribution in [2.75, 3.05) is 0 Å². The first-order chi connectivity index (χ1) is 16.4. The Morgan fingerprint density at radius 1 is 0.944 bits per heavy atom. The summed E-state index contributed by atoms with van der Waals surface area (Å²) < 4.78 is 0. The molecule has 0 unspecified atom stereocenters. The fourth-order valence-corrected chi connectivity index (χ4v) is 9.90.